The molecule has 0 atom stereocenters. The first-order chi connectivity index (χ1) is 10.1. The molecule has 3 nitrogen and oxygen atoms in total. The van der Waals surface area contributed by atoms with Gasteiger partial charge < -0.3 is 9.88 Å². The SMILES string of the molecule is CCCc1nccn1-c1ccc(Br)cc1CNCC(C)C. The summed E-state index contributed by atoms with van der Waals surface area (Å²) < 4.78 is 3.33. The van der Waals surface area contributed by atoms with Crippen molar-refractivity contribution in [3.63, 3.8) is 0 Å². The standard InChI is InChI=1S/C17H24BrN3/c1-4-5-17-20-8-9-21(17)16-7-6-15(18)10-14(16)12-19-11-13(2)3/h6-10,13,19H,4-5,11-12H2,1-3H3. The van der Waals surface area contributed by atoms with E-state index in [-0.39, 0.29) is 0 Å². The van der Waals surface area contributed by atoms with Crippen LogP contribution >= 0.6 is 15.9 Å². The predicted octanol–water partition coefficient (Wildman–Crippen LogP) is 4.33. The molecule has 0 bridgehead atoms. The van der Waals surface area contributed by atoms with E-state index in [2.05, 4.69) is 76.0 Å². The van der Waals surface area contributed by atoms with E-state index in [0.29, 0.717) is 5.92 Å². The Morgan fingerprint density at radius 1 is 1.33 bits per heavy atom. The highest BCUT2D eigenvalue weighted by Crippen LogP contribution is 2.22. The molecule has 21 heavy (non-hydrogen) atoms. The number of rotatable bonds is 7. The fourth-order valence-electron chi connectivity index (χ4n) is 2.39. The Hall–Kier alpha value is -1.13. The van der Waals surface area contributed by atoms with Gasteiger partial charge in [-0.2, -0.15) is 0 Å². The minimum atomic E-state index is 0.657. The third-order valence-corrected chi connectivity index (χ3v) is 3.85. The number of hydrogen-bond acceptors (Lipinski definition) is 2. The molecule has 114 valence electrons. The van der Waals surface area contributed by atoms with Crippen LogP contribution in [-0.2, 0) is 13.0 Å². The Balaban J connectivity index is 2.27. The molecule has 2 aromatic rings. The maximum Gasteiger partial charge on any atom is 0.113 e. The number of aromatic nitrogens is 2. The number of nitrogens with zero attached hydrogens (tertiary/aromatic N) is 2. The molecular formula is C17H24BrN3. The molecule has 0 aliphatic heterocycles. The van der Waals surface area contributed by atoms with Crippen molar-refractivity contribution < 1.29 is 0 Å². The largest absolute Gasteiger partial charge is 0.312 e. The maximum atomic E-state index is 4.49. The van der Waals surface area contributed by atoms with Crippen LogP contribution in [0.25, 0.3) is 5.69 Å². The van der Waals surface area contributed by atoms with Gasteiger partial charge in [-0.15, -0.1) is 0 Å². The van der Waals surface area contributed by atoms with Gasteiger partial charge in [-0.3, -0.25) is 0 Å². The third-order valence-electron chi connectivity index (χ3n) is 3.36. The maximum absolute atomic E-state index is 4.49. The summed E-state index contributed by atoms with van der Waals surface area (Å²) in [7, 11) is 0. The normalized spacial score (nSPS) is 11.3. The fourth-order valence-corrected chi connectivity index (χ4v) is 2.80. The summed E-state index contributed by atoms with van der Waals surface area (Å²) in [5, 5.41) is 3.53. The highest BCUT2D eigenvalue weighted by Gasteiger charge is 2.09. The highest BCUT2D eigenvalue weighted by atomic mass is 79.9. The van der Waals surface area contributed by atoms with E-state index in [1.54, 1.807) is 0 Å². The number of halogens is 1. The molecule has 0 aliphatic rings. The minimum Gasteiger partial charge on any atom is -0.312 e. The zero-order valence-electron chi connectivity index (χ0n) is 13.1. The molecule has 0 spiro atoms. The molecular weight excluding hydrogens is 326 g/mol. The average molecular weight is 350 g/mol. The monoisotopic (exact) mass is 349 g/mol. The van der Waals surface area contributed by atoms with Crippen LogP contribution in [0.3, 0.4) is 0 Å². The molecule has 2 rings (SSSR count). The van der Waals surface area contributed by atoms with Gasteiger partial charge in [-0.1, -0.05) is 36.7 Å². The van der Waals surface area contributed by atoms with Crippen LogP contribution in [0.4, 0.5) is 0 Å². The molecule has 1 heterocycles. The Morgan fingerprint density at radius 2 is 2.14 bits per heavy atom. The zero-order chi connectivity index (χ0) is 15.2. The number of aryl methyl sites for hydroxylation is 1. The molecule has 0 amide bonds. The lowest BCUT2D eigenvalue weighted by Crippen LogP contribution is -2.20. The number of imidazole rings is 1. The van der Waals surface area contributed by atoms with Crippen LogP contribution in [0, 0.1) is 5.92 Å². The molecule has 4 heteroatoms. The first-order valence-corrected chi connectivity index (χ1v) is 8.42. The molecule has 0 radical (unpaired) electrons. The van der Waals surface area contributed by atoms with Crippen LogP contribution in [0.1, 0.15) is 38.6 Å². The molecule has 1 aromatic carbocycles. The Labute approximate surface area is 135 Å². The number of nitrogens with one attached hydrogen (secondary N) is 1. The lowest BCUT2D eigenvalue weighted by Gasteiger charge is -2.15. The van der Waals surface area contributed by atoms with Crippen molar-refractivity contribution in [1.82, 2.24) is 14.9 Å². The fraction of sp³-hybridized carbons (Fsp3) is 0.471. The zero-order valence-corrected chi connectivity index (χ0v) is 14.7. The van der Waals surface area contributed by atoms with Gasteiger partial charge in [0, 0.05) is 29.8 Å². The number of hydrogen-bond donors (Lipinski definition) is 1. The quantitative estimate of drug-likeness (QED) is 0.805. The number of benzene rings is 1. The van der Waals surface area contributed by atoms with Gasteiger partial charge >= 0.3 is 0 Å². The first-order valence-electron chi connectivity index (χ1n) is 7.63. The van der Waals surface area contributed by atoms with Crippen molar-refractivity contribution in [3.8, 4) is 5.69 Å². The second kappa shape index (κ2) is 7.76. The first kappa shape index (κ1) is 16.2. The van der Waals surface area contributed by atoms with Crippen molar-refractivity contribution in [2.45, 2.75) is 40.2 Å². The average Bonchev–Trinajstić information content (AvgIpc) is 2.87. The molecule has 0 unspecified atom stereocenters. The minimum absolute atomic E-state index is 0.657. The van der Waals surface area contributed by atoms with Gasteiger partial charge in [-0.05, 0) is 42.6 Å². The highest BCUT2D eigenvalue weighted by molar-refractivity contribution is 9.10. The van der Waals surface area contributed by atoms with E-state index in [1.165, 1.54) is 11.3 Å². The Morgan fingerprint density at radius 3 is 2.86 bits per heavy atom. The third kappa shape index (κ3) is 4.42. The van der Waals surface area contributed by atoms with Gasteiger partial charge in [0.15, 0.2) is 0 Å². The summed E-state index contributed by atoms with van der Waals surface area (Å²) in [6, 6.07) is 6.45. The van der Waals surface area contributed by atoms with Crippen LogP contribution in [0.5, 0.6) is 0 Å². The molecule has 0 fully saturated rings. The lowest BCUT2D eigenvalue weighted by atomic mass is 10.1. The summed E-state index contributed by atoms with van der Waals surface area (Å²) in [4.78, 5) is 4.49. The molecule has 1 N–H and O–H groups in total. The topological polar surface area (TPSA) is 29.9 Å². The summed E-state index contributed by atoms with van der Waals surface area (Å²) in [5.41, 5.74) is 2.51. The van der Waals surface area contributed by atoms with Gasteiger partial charge in [-0.25, -0.2) is 4.98 Å². The second-order valence-corrected chi connectivity index (χ2v) is 6.68. The van der Waals surface area contributed by atoms with Gasteiger partial charge in [0.05, 0.1) is 5.69 Å². The van der Waals surface area contributed by atoms with Crippen LogP contribution < -0.4 is 5.32 Å². The van der Waals surface area contributed by atoms with Crippen molar-refractivity contribution in [1.29, 1.82) is 0 Å². The van der Waals surface area contributed by atoms with Gasteiger partial charge in [0.25, 0.3) is 0 Å². The van der Waals surface area contributed by atoms with E-state index in [9.17, 15) is 0 Å². The van der Waals surface area contributed by atoms with E-state index in [1.807, 2.05) is 6.20 Å². The summed E-state index contributed by atoms with van der Waals surface area (Å²) in [6.45, 7) is 8.54. The summed E-state index contributed by atoms with van der Waals surface area (Å²) in [5.74, 6) is 1.79. The molecule has 0 saturated heterocycles. The van der Waals surface area contributed by atoms with Crippen LogP contribution in [0.2, 0.25) is 0 Å². The predicted molar refractivity (Wildman–Crippen MR) is 91.8 cm³/mol. The molecule has 0 saturated carbocycles. The molecule has 0 aliphatic carbocycles. The summed E-state index contributed by atoms with van der Waals surface area (Å²) in [6.07, 6.45) is 6.05. The van der Waals surface area contributed by atoms with Gasteiger partial charge in [0.2, 0.25) is 0 Å². The van der Waals surface area contributed by atoms with E-state index in [0.717, 1.165) is 36.2 Å². The van der Waals surface area contributed by atoms with E-state index in [4.69, 9.17) is 0 Å². The van der Waals surface area contributed by atoms with Crippen LogP contribution in [0.15, 0.2) is 35.1 Å². The Bertz CT molecular complexity index is 575. The van der Waals surface area contributed by atoms with Gasteiger partial charge in [0.1, 0.15) is 5.82 Å². The van der Waals surface area contributed by atoms with Crippen molar-refractivity contribution in [3.05, 3.63) is 46.5 Å². The van der Waals surface area contributed by atoms with E-state index >= 15 is 0 Å². The Kier molecular flexibility index (Phi) is 6.00. The van der Waals surface area contributed by atoms with Crippen LogP contribution in [-0.4, -0.2) is 16.1 Å². The van der Waals surface area contributed by atoms with Crippen molar-refractivity contribution in [2.75, 3.05) is 6.54 Å². The van der Waals surface area contributed by atoms with Crippen molar-refractivity contribution in [2.24, 2.45) is 5.92 Å². The van der Waals surface area contributed by atoms with E-state index < -0.39 is 0 Å². The smallest absolute Gasteiger partial charge is 0.113 e. The lowest BCUT2D eigenvalue weighted by molar-refractivity contribution is 0.551. The molecule has 1 aromatic heterocycles. The second-order valence-electron chi connectivity index (χ2n) is 5.76. The summed E-state index contributed by atoms with van der Waals surface area (Å²) >= 11 is 3.58. The van der Waals surface area contributed by atoms with Crippen molar-refractivity contribution >= 4 is 15.9 Å².